The summed E-state index contributed by atoms with van der Waals surface area (Å²) in [6, 6.07) is 7.36. The van der Waals surface area contributed by atoms with Gasteiger partial charge in [0.15, 0.2) is 0 Å². The molecule has 2 rings (SSSR count). The average molecular weight is 208 g/mol. The summed E-state index contributed by atoms with van der Waals surface area (Å²) in [5.41, 5.74) is 0.445. The Morgan fingerprint density at radius 2 is 2.21 bits per heavy atom. The molecule has 0 bridgehead atoms. The summed E-state index contributed by atoms with van der Waals surface area (Å²) in [4.78, 5) is 0. The first-order valence-electron chi connectivity index (χ1n) is 4.66. The zero-order chi connectivity index (χ0) is 9.97. The molecule has 3 heteroatoms. The van der Waals surface area contributed by atoms with Crippen LogP contribution in [0, 0.1) is 11.3 Å². The van der Waals surface area contributed by atoms with E-state index in [1.807, 2.05) is 0 Å². The van der Waals surface area contributed by atoms with Crippen molar-refractivity contribution < 1.29 is 4.74 Å². The minimum Gasteiger partial charge on any atom is -0.489 e. The second-order valence-electron chi connectivity index (χ2n) is 3.40. The van der Waals surface area contributed by atoms with Gasteiger partial charge in [0.2, 0.25) is 0 Å². The molecule has 0 heterocycles. The Hall–Kier alpha value is -1.20. The fraction of sp³-hybridized carbons (Fsp3) is 0.364. The first-order chi connectivity index (χ1) is 6.81. The number of hydrogen-bond acceptors (Lipinski definition) is 2. The first-order valence-corrected chi connectivity index (χ1v) is 5.04. The predicted molar refractivity (Wildman–Crippen MR) is 54.4 cm³/mol. The smallest absolute Gasteiger partial charge is 0.139 e. The number of benzene rings is 1. The summed E-state index contributed by atoms with van der Waals surface area (Å²) in [7, 11) is 0. The molecule has 0 amide bonds. The Labute approximate surface area is 88.1 Å². The fourth-order valence-corrected chi connectivity index (χ4v) is 1.59. The van der Waals surface area contributed by atoms with Crippen molar-refractivity contribution >= 4 is 11.6 Å². The van der Waals surface area contributed by atoms with Crippen molar-refractivity contribution in [2.24, 2.45) is 0 Å². The topological polar surface area (TPSA) is 33.0 Å². The molecule has 14 heavy (non-hydrogen) atoms. The maximum Gasteiger partial charge on any atom is 0.139 e. The molecule has 0 aliphatic heterocycles. The predicted octanol–water partition coefficient (Wildman–Crippen LogP) is 3.14. The minimum atomic E-state index is 0.278. The summed E-state index contributed by atoms with van der Waals surface area (Å²) in [5.74, 6) is 0.615. The average Bonchev–Trinajstić information content (AvgIpc) is 2.11. The van der Waals surface area contributed by atoms with Crippen LogP contribution >= 0.6 is 11.6 Å². The Balaban J connectivity index is 2.23. The van der Waals surface area contributed by atoms with E-state index in [1.54, 1.807) is 18.2 Å². The van der Waals surface area contributed by atoms with Crippen LogP contribution in [0.3, 0.4) is 0 Å². The molecule has 0 unspecified atom stereocenters. The van der Waals surface area contributed by atoms with Gasteiger partial charge >= 0.3 is 0 Å². The van der Waals surface area contributed by atoms with Gasteiger partial charge in [-0.15, -0.1) is 0 Å². The minimum absolute atomic E-state index is 0.278. The van der Waals surface area contributed by atoms with Crippen LogP contribution in [0.2, 0.25) is 5.02 Å². The molecule has 1 fully saturated rings. The van der Waals surface area contributed by atoms with Crippen LogP contribution in [0.5, 0.6) is 5.75 Å². The number of hydrogen-bond donors (Lipinski definition) is 0. The van der Waals surface area contributed by atoms with Crippen molar-refractivity contribution in [1.82, 2.24) is 0 Å². The lowest BCUT2D eigenvalue weighted by atomic mass is 9.96. The lowest BCUT2D eigenvalue weighted by Crippen LogP contribution is -2.24. The molecule has 1 aliphatic carbocycles. The summed E-state index contributed by atoms with van der Waals surface area (Å²) in [6.07, 6.45) is 3.66. The molecule has 2 nitrogen and oxygen atoms in total. The highest BCUT2D eigenvalue weighted by Crippen LogP contribution is 2.30. The number of rotatable bonds is 2. The van der Waals surface area contributed by atoms with Crippen molar-refractivity contribution in [3.63, 3.8) is 0 Å². The van der Waals surface area contributed by atoms with E-state index in [0.717, 1.165) is 12.8 Å². The molecule has 0 aromatic heterocycles. The largest absolute Gasteiger partial charge is 0.489 e. The van der Waals surface area contributed by atoms with Crippen molar-refractivity contribution in [3.8, 4) is 11.8 Å². The highest BCUT2D eigenvalue weighted by atomic mass is 35.5. The molecule has 1 aliphatic rings. The van der Waals surface area contributed by atoms with E-state index in [4.69, 9.17) is 21.6 Å². The maximum atomic E-state index is 8.89. The zero-order valence-electron chi connectivity index (χ0n) is 7.66. The monoisotopic (exact) mass is 207 g/mol. The number of nitriles is 1. The first kappa shape index (κ1) is 9.36. The van der Waals surface area contributed by atoms with Gasteiger partial charge in [0.1, 0.15) is 17.4 Å². The highest BCUT2D eigenvalue weighted by molar-refractivity contribution is 6.31. The van der Waals surface area contributed by atoms with Gasteiger partial charge in [-0.2, -0.15) is 5.26 Å². The standard InChI is InChI=1S/C11H10ClNO/c12-10-5-2-6-11(9(10)7-13)14-8-3-1-4-8/h2,5-6,8H,1,3-4H2. The van der Waals surface area contributed by atoms with Gasteiger partial charge in [-0.25, -0.2) is 0 Å². The van der Waals surface area contributed by atoms with E-state index in [9.17, 15) is 0 Å². The van der Waals surface area contributed by atoms with Crippen LogP contribution in [0.1, 0.15) is 24.8 Å². The van der Waals surface area contributed by atoms with E-state index in [1.165, 1.54) is 6.42 Å². The maximum absolute atomic E-state index is 8.89. The van der Waals surface area contributed by atoms with Gasteiger partial charge in [0.05, 0.1) is 11.1 Å². The van der Waals surface area contributed by atoms with E-state index >= 15 is 0 Å². The second-order valence-corrected chi connectivity index (χ2v) is 3.80. The molecule has 0 radical (unpaired) electrons. The van der Waals surface area contributed by atoms with Gasteiger partial charge in [0.25, 0.3) is 0 Å². The van der Waals surface area contributed by atoms with Crippen LogP contribution in [0.4, 0.5) is 0 Å². The Morgan fingerprint density at radius 3 is 2.79 bits per heavy atom. The van der Waals surface area contributed by atoms with Crippen molar-refractivity contribution in [2.75, 3.05) is 0 Å². The van der Waals surface area contributed by atoms with Crippen LogP contribution in [0.25, 0.3) is 0 Å². The summed E-state index contributed by atoms with van der Waals surface area (Å²) in [6.45, 7) is 0. The highest BCUT2D eigenvalue weighted by Gasteiger charge is 2.20. The quantitative estimate of drug-likeness (QED) is 0.747. The van der Waals surface area contributed by atoms with Gasteiger partial charge in [-0.3, -0.25) is 0 Å². The normalized spacial score (nSPS) is 15.7. The number of halogens is 1. The Bertz CT molecular complexity index is 379. The van der Waals surface area contributed by atoms with Gasteiger partial charge in [-0.1, -0.05) is 17.7 Å². The molecule has 0 saturated heterocycles. The molecule has 0 N–H and O–H groups in total. The molecule has 72 valence electrons. The third-order valence-electron chi connectivity index (χ3n) is 2.43. The third-order valence-corrected chi connectivity index (χ3v) is 2.75. The van der Waals surface area contributed by atoms with Gasteiger partial charge in [0, 0.05) is 0 Å². The van der Waals surface area contributed by atoms with E-state index in [2.05, 4.69) is 6.07 Å². The van der Waals surface area contributed by atoms with Crippen LogP contribution < -0.4 is 4.74 Å². The molecule has 1 saturated carbocycles. The Kier molecular flexibility index (Phi) is 2.60. The molecule has 0 spiro atoms. The second kappa shape index (κ2) is 3.89. The van der Waals surface area contributed by atoms with E-state index in [0.29, 0.717) is 16.3 Å². The number of nitrogens with zero attached hydrogens (tertiary/aromatic N) is 1. The van der Waals surface area contributed by atoms with Crippen molar-refractivity contribution in [2.45, 2.75) is 25.4 Å². The van der Waals surface area contributed by atoms with E-state index in [-0.39, 0.29) is 6.10 Å². The van der Waals surface area contributed by atoms with Crippen molar-refractivity contribution in [1.29, 1.82) is 5.26 Å². The molecule has 1 aromatic rings. The molecule has 1 aromatic carbocycles. The molecular formula is C11H10ClNO. The Morgan fingerprint density at radius 1 is 1.43 bits per heavy atom. The molecular weight excluding hydrogens is 198 g/mol. The lowest BCUT2D eigenvalue weighted by molar-refractivity contribution is 0.120. The summed E-state index contributed by atoms with van der Waals surface area (Å²) in [5, 5.41) is 9.35. The zero-order valence-corrected chi connectivity index (χ0v) is 8.42. The lowest BCUT2D eigenvalue weighted by Gasteiger charge is -2.26. The fourth-order valence-electron chi connectivity index (χ4n) is 1.38. The summed E-state index contributed by atoms with van der Waals surface area (Å²) >= 11 is 5.87. The van der Waals surface area contributed by atoms with Crippen LogP contribution in [-0.2, 0) is 0 Å². The van der Waals surface area contributed by atoms with Gasteiger partial charge in [-0.05, 0) is 31.4 Å². The third kappa shape index (κ3) is 1.69. The number of ether oxygens (including phenoxy) is 1. The SMILES string of the molecule is N#Cc1c(Cl)cccc1OC1CCC1. The van der Waals surface area contributed by atoms with Gasteiger partial charge < -0.3 is 4.74 Å². The van der Waals surface area contributed by atoms with Crippen molar-refractivity contribution in [3.05, 3.63) is 28.8 Å². The summed E-state index contributed by atoms with van der Waals surface area (Å²) < 4.78 is 5.65. The van der Waals surface area contributed by atoms with Crippen LogP contribution in [0.15, 0.2) is 18.2 Å². The molecule has 0 atom stereocenters. The van der Waals surface area contributed by atoms with Crippen LogP contribution in [-0.4, -0.2) is 6.10 Å². The van der Waals surface area contributed by atoms with E-state index < -0.39 is 0 Å².